The Morgan fingerprint density at radius 1 is 1.09 bits per heavy atom. The molecule has 5 heteroatoms. The summed E-state index contributed by atoms with van der Waals surface area (Å²) >= 11 is 0. The molecule has 0 amide bonds. The molecule has 0 spiro atoms. The SMILES string of the molecule is C[NH+](C)CCCNS(=O)(=O)c1ccc(C2CCCCC2)cc1. The molecule has 1 aliphatic carbocycles. The fourth-order valence-corrected chi connectivity index (χ4v) is 4.16. The Bertz CT molecular complexity index is 547. The van der Waals surface area contributed by atoms with E-state index in [9.17, 15) is 8.42 Å². The van der Waals surface area contributed by atoms with E-state index in [1.54, 1.807) is 12.1 Å². The van der Waals surface area contributed by atoms with Crippen LogP contribution < -0.4 is 9.62 Å². The van der Waals surface area contributed by atoms with Crippen molar-refractivity contribution in [2.75, 3.05) is 27.2 Å². The van der Waals surface area contributed by atoms with Gasteiger partial charge in [-0.05, 0) is 36.5 Å². The van der Waals surface area contributed by atoms with Crippen LogP contribution in [0.3, 0.4) is 0 Å². The molecule has 0 unspecified atom stereocenters. The molecule has 22 heavy (non-hydrogen) atoms. The summed E-state index contributed by atoms with van der Waals surface area (Å²) in [7, 11) is 0.771. The number of benzene rings is 1. The molecular formula is C17H29N2O2S+. The van der Waals surface area contributed by atoms with Gasteiger partial charge in [0.25, 0.3) is 0 Å². The standard InChI is InChI=1S/C17H28N2O2S/c1-19(2)14-6-13-18-22(20,21)17-11-9-16(10-12-17)15-7-4-3-5-8-15/h9-12,15,18H,3-8,13-14H2,1-2H3/p+1. The van der Waals surface area contributed by atoms with Gasteiger partial charge in [0.15, 0.2) is 0 Å². The van der Waals surface area contributed by atoms with Gasteiger partial charge in [0.1, 0.15) is 0 Å². The van der Waals surface area contributed by atoms with Gasteiger partial charge in [0, 0.05) is 13.0 Å². The van der Waals surface area contributed by atoms with E-state index < -0.39 is 10.0 Å². The molecule has 0 aliphatic heterocycles. The maximum atomic E-state index is 12.2. The minimum Gasteiger partial charge on any atom is -0.340 e. The van der Waals surface area contributed by atoms with Crippen LogP contribution in [0.2, 0.25) is 0 Å². The van der Waals surface area contributed by atoms with Crippen molar-refractivity contribution < 1.29 is 13.3 Å². The van der Waals surface area contributed by atoms with Crippen LogP contribution in [0.5, 0.6) is 0 Å². The Morgan fingerprint density at radius 2 is 1.73 bits per heavy atom. The van der Waals surface area contributed by atoms with Crippen LogP contribution in [-0.4, -0.2) is 35.6 Å². The van der Waals surface area contributed by atoms with Gasteiger partial charge < -0.3 is 4.90 Å². The summed E-state index contributed by atoms with van der Waals surface area (Å²) in [5, 5.41) is 0. The third kappa shape index (κ3) is 5.07. The number of quaternary nitrogens is 1. The summed E-state index contributed by atoms with van der Waals surface area (Å²) in [6.07, 6.45) is 7.23. The predicted octanol–water partition coefficient (Wildman–Crippen LogP) is 1.55. The average Bonchev–Trinajstić information content (AvgIpc) is 2.52. The second-order valence-corrected chi connectivity index (χ2v) is 8.38. The third-order valence-corrected chi connectivity index (χ3v) is 5.89. The third-order valence-electron chi connectivity index (χ3n) is 4.41. The first-order chi connectivity index (χ1) is 10.5. The monoisotopic (exact) mass is 325 g/mol. The molecule has 1 aromatic carbocycles. The molecule has 0 radical (unpaired) electrons. The van der Waals surface area contributed by atoms with E-state index in [-0.39, 0.29) is 0 Å². The first-order valence-corrected chi connectivity index (χ1v) is 9.86. The van der Waals surface area contributed by atoms with Gasteiger partial charge in [0.2, 0.25) is 10.0 Å². The van der Waals surface area contributed by atoms with Crippen molar-refractivity contribution in [2.24, 2.45) is 0 Å². The lowest BCUT2D eigenvalue weighted by Gasteiger charge is -2.22. The molecule has 2 N–H and O–H groups in total. The van der Waals surface area contributed by atoms with E-state index in [4.69, 9.17) is 0 Å². The summed E-state index contributed by atoms with van der Waals surface area (Å²) in [6.45, 7) is 1.46. The summed E-state index contributed by atoms with van der Waals surface area (Å²) in [5.41, 5.74) is 1.29. The van der Waals surface area contributed by atoms with Crippen molar-refractivity contribution in [1.82, 2.24) is 4.72 Å². The smallest absolute Gasteiger partial charge is 0.240 e. The molecule has 0 aromatic heterocycles. The van der Waals surface area contributed by atoms with Gasteiger partial charge in [-0.2, -0.15) is 0 Å². The van der Waals surface area contributed by atoms with Crippen molar-refractivity contribution >= 4 is 10.0 Å². The van der Waals surface area contributed by atoms with E-state index in [0.29, 0.717) is 17.4 Å². The normalized spacial score (nSPS) is 17.0. The van der Waals surface area contributed by atoms with Crippen LogP contribution in [0, 0.1) is 0 Å². The van der Waals surface area contributed by atoms with Crippen molar-refractivity contribution in [3.63, 3.8) is 0 Å². The predicted molar refractivity (Wildman–Crippen MR) is 89.8 cm³/mol. The van der Waals surface area contributed by atoms with Crippen molar-refractivity contribution in [2.45, 2.75) is 49.3 Å². The highest BCUT2D eigenvalue weighted by Crippen LogP contribution is 2.32. The topological polar surface area (TPSA) is 50.6 Å². The Labute approximate surface area is 135 Å². The van der Waals surface area contributed by atoms with E-state index in [2.05, 4.69) is 18.8 Å². The highest BCUT2D eigenvalue weighted by Gasteiger charge is 2.17. The fraction of sp³-hybridized carbons (Fsp3) is 0.647. The number of hydrogen-bond donors (Lipinski definition) is 2. The zero-order valence-electron chi connectivity index (χ0n) is 13.8. The molecule has 124 valence electrons. The van der Waals surface area contributed by atoms with Crippen LogP contribution >= 0.6 is 0 Å². The minimum absolute atomic E-state index is 0.379. The van der Waals surface area contributed by atoms with Gasteiger partial charge in [-0.3, -0.25) is 0 Å². The lowest BCUT2D eigenvalue weighted by Crippen LogP contribution is -3.05. The number of rotatable bonds is 7. The lowest BCUT2D eigenvalue weighted by atomic mass is 9.84. The number of nitrogens with one attached hydrogen (secondary N) is 2. The summed E-state index contributed by atoms with van der Waals surface area (Å²) in [4.78, 5) is 1.71. The molecule has 0 bridgehead atoms. The number of hydrogen-bond acceptors (Lipinski definition) is 2. The molecule has 0 saturated heterocycles. The van der Waals surface area contributed by atoms with Crippen LogP contribution in [0.1, 0.15) is 50.0 Å². The zero-order valence-corrected chi connectivity index (χ0v) is 14.6. The van der Waals surface area contributed by atoms with Crippen LogP contribution in [0.25, 0.3) is 0 Å². The van der Waals surface area contributed by atoms with Crippen molar-refractivity contribution in [1.29, 1.82) is 0 Å². The second-order valence-electron chi connectivity index (χ2n) is 6.61. The first-order valence-electron chi connectivity index (χ1n) is 8.38. The second kappa shape index (κ2) is 8.09. The van der Waals surface area contributed by atoms with Gasteiger partial charge in [-0.25, -0.2) is 13.1 Å². The van der Waals surface area contributed by atoms with E-state index in [0.717, 1.165) is 13.0 Å². The quantitative estimate of drug-likeness (QED) is 0.747. The number of sulfonamides is 1. The summed E-state index contributed by atoms with van der Waals surface area (Å²) in [5.74, 6) is 0.613. The molecule has 1 aliphatic rings. The highest BCUT2D eigenvalue weighted by molar-refractivity contribution is 7.89. The van der Waals surface area contributed by atoms with E-state index in [1.807, 2.05) is 12.1 Å². The van der Waals surface area contributed by atoms with Gasteiger partial charge in [-0.15, -0.1) is 0 Å². The molecule has 0 atom stereocenters. The van der Waals surface area contributed by atoms with E-state index in [1.165, 1.54) is 42.6 Å². The Hall–Kier alpha value is -0.910. The van der Waals surface area contributed by atoms with Crippen LogP contribution in [0.4, 0.5) is 0 Å². The maximum absolute atomic E-state index is 12.2. The van der Waals surface area contributed by atoms with E-state index >= 15 is 0 Å². The van der Waals surface area contributed by atoms with Gasteiger partial charge in [-0.1, -0.05) is 31.4 Å². The molecule has 1 aromatic rings. The van der Waals surface area contributed by atoms with Crippen LogP contribution in [0.15, 0.2) is 29.2 Å². The first kappa shape index (κ1) is 17.4. The molecular weight excluding hydrogens is 296 g/mol. The Balaban J connectivity index is 1.93. The van der Waals surface area contributed by atoms with Crippen LogP contribution in [-0.2, 0) is 10.0 Å². The van der Waals surface area contributed by atoms with Gasteiger partial charge >= 0.3 is 0 Å². The highest BCUT2D eigenvalue weighted by atomic mass is 32.2. The largest absolute Gasteiger partial charge is 0.340 e. The average molecular weight is 325 g/mol. The molecule has 4 nitrogen and oxygen atoms in total. The Morgan fingerprint density at radius 3 is 2.32 bits per heavy atom. The molecule has 2 rings (SSSR count). The maximum Gasteiger partial charge on any atom is 0.240 e. The Kier molecular flexibility index (Phi) is 6.41. The van der Waals surface area contributed by atoms with Crippen molar-refractivity contribution in [3.8, 4) is 0 Å². The van der Waals surface area contributed by atoms with Crippen molar-refractivity contribution in [3.05, 3.63) is 29.8 Å². The zero-order chi connectivity index (χ0) is 16.0. The fourth-order valence-electron chi connectivity index (χ4n) is 3.09. The molecule has 1 saturated carbocycles. The summed E-state index contributed by atoms with van der Waals surface area (Å²) < 4.78 is 27.2. The molecule has 1 fully saturated rings. The van der Waals surface area contributed by atoms with Gasteiger partial charge in [0.05, 0.1) is 25.5 Å². The lowest BCUT2D eigenvalue weighted by molar-refractivity contribution is -0.858. The molecule has 0 heterocycles. The summed E-state index contributed by atoms with van der Waals surface area (Å²) in [6, 6.07) is 7.50. The minimum atomic E-state index is -3.36.